The second-order valence-electron chi connectivity index (χ2n) is 3.34. The van der Waals surface area contributed by atoms with Crippen molar-refractivity contribution in [2.45, 2.75) is 32.3 Å². The summed E-state index contributed by atoms with van der Waals surface area (Å²) < 4.78 is 0. The molecule has 62 valence electrons. The zero-order chi connectivity index (χ0) is 8.27. The van der Waals surface area contributed by atoms with E-state index in [-0.39, 0.29) is 6.10 Å². The molecule has 0 bridgehead atoms. The van der Waals surface area contributed by atoms with E-state index >= 15 is 0 Å². The average Bonchev–Trinajstić information content (AvgIpc) is 2.05. The summed E-state index contributed by atoms with van der Waals surface area (Å²) in [5, 5.41) is 9.62. The Bertz CT molecular complexity index is 170. The van der Waals surface area contributed by atoms with Crippen molar-refractivity contribution in [2.75, 3.05) is 0 Å². The van der Waals surface area contributed by atoms with Crippen molar-refractivity contribution in [3.05, 3.63) is 24.3 Å². The number of hydrogen-bond donors (Lipinski definition) is 1. The number of aliphatic hydroxyl groups is 1. The number of aliphatic hydroxyl groups excluding tert-OH is 1. The molecular formula is C10H16O. The van der Waals surface area contributed by atoms with E-state index in [0.717, 1.165) is 24.8 Å². The van der Waals surface area contributed by atoms with E-state index in [1.54, 1.807) is 0 Å². The van der Waals surface area contributed by atoms with Gasteiger partial charge in [-0.3, -0.25) is 0 Å². The van der Waals surface area contributed by atoms with Gasteiger partial charge in [0.25, 0.3) is 0 Å². The maximum atomic E-state index is 9.62. The minimum atomic E-state index is -0.292. The van der Waals surface area contributed by atoms with Crippen molar-refractivity contribution in [1.29, 1.82) is 0 Å². The lowest BCUT2D eigenvalue weighted by atomic mass is 9.87. The highest BCUT2D eigenvalue weighted by Crippen LogP contribution is 2.24. The van der Waals surface area contributed by atoms with Gasteiger partial charge in [-0.25, -0.2) is 0 Å². The minimum absolute atomic E-state index is 0.292. The molecule has 0 heterocycles. The van der Waals surface area contributed by atoms with Gasteiger partial charge in [-0.2, -0.15) is 0 Å². The van der Waals surface area contributed by atoms with Crippen LogP contribution in [0.3, 0.4) is 0 Å². The fourth-order valence-electron chi connectivity index (χ4n) is 1.51. The zero-order valence-electron chi connectivity index (χ0n) is 7.09. The molecule has 1 nitrogen and oxygen atoms in total. The highest BCUT2D eigenvalue weighted by Gasteiger charge is 2.19. The molecule has 2 atom stereocenters. The Kier molecular flexibility index (Phi) is 2.89. The van der Waals surface area contributed by atoms with Crippen LogP contribution >= 0.6 is 0 Å². The molecular weight excluding hydrogens is 136 g/mol. The molecule has 1 aliphatic rings. The zero-order valence-corrected chi connectivity index (χ0v) is 7.09. The summed E-state index contributed by atoms with van der Waals surface area (Å²) in [6, 6.07) is 0. The van der Waals surface area contributed by atoms with Crippen molar-refractivity contribution in [2.24, 2.45) is 5.92 Å². The van der Waals surface area contributed by atoms with Crippen LogP contribution in [0.2, 0.25) is 0 Å². The van der Waals surface area contributed by atoms with E-state index in [1.807, 2.05) is 6.92 Å². The third kappa shape index (κ3) is 2.19. The molecule has 0 amide bonds. The number of rotatable bonds is 2. The largest absolute Gasteiger partial charge is 0.388 e. The summed E-state index contributed by atoms with van der Waals surface area (Å²) in [4.78, 5) is 0. The van der Waals surface area contributed by atoms with E-state index in [9.17, 15) is 5.11 Å². The summed E-state index contributed by atoms with van der Waals surface area (Å²) in [5.41, 5.74) is 0.894. The molecule has 0 saturated carbocycles. The maximum absolute atomic E-state index is 9.62. The van der Waals surface area contributed by atoms with Crippen molar-refractivity contribution < 1.29 is 5.11 Å². The Labute approximate surface area is 68.4 Å². The van der Waals surface area contributed by atoms with E-state index < -0.39 is 0 Å². The first kappa shape index (κ1) is 8.54. The lowest BCUT2D eigenvalue weighted by Gasteiger charge is -2.23. The third-order valence-electron chi connectivity index (χ3n) is 2.26. The molecule has 0 aromatic heterocycles. The van der Waals surface area contributed by atoms with Crippen LogP contribution in [0.25, 0.3) is 0 Å². The third-order valence-corrected chi connectivity index (χ3v) is 2.26. The van der Waals surface area contributed by atoms with Crippen molar-refractivity contribution in [3.8, 4) is 0 Å². The van der Waals surface area contributed by atoms with Crippen LogP contribution in [0.1, 0.15) is 26.2 Å². The van der Waals surface area contributed by atoms with Gasteiger partial charge in [0, 0.05) is 0 Å². The summed E-state index contributed by atoms with van der Waals surface area (Å²) >= 11 is 0. The Morgan fingerprint density at radius 2 is 2.36 bits per heavy atom. The smallest absolute Gasteiger partial charge is 0.0776 e. The van der Waals surface area contributed by atoms with E-state index in [4.69, 9.17) is 0 Å². The predicted molar refractivity (Wildman–Crippen MR) is 47.3 cm³/mol. The van der Waals surface area contributed by atoms with Gasteiger partial charge in [0.15, 0.2) is 0 Å². The molecule has 1 heteroatoms. The number of hydrogen-bond acceptors (Lipinski definition) is 1. The molecule has 0 spiro atoms. The lowest BCUT2D eigenvalue weighted by molar-refractivity contribution is 0.135. The van der Waals surface area contributed by atoms with Gasteiger partial charge in [-0.15, -0.1) is 0 Å². The first-order valence-electron chi connectivity index (χ1n) is 4.20. The maximum Gasteiger partial charge on any atom is 0.0776 e. The molecule has 0 fully saturated rings. The van der Waals surface area contributed by atoms with Gasteiger partial charge in [0.05, 0.1) is 6.10 Å². The fourth-order valence-corrected chi connectivity index (χ4v) is 1.51. The van der Waals surface area contributed by atoms with E-state index in [0.29, 0.717) is 5.92 Å². The van der Waals surface area contributed by atoms with Gasteiger partial charge < -0.3 is 5.11 Å². The monoisotopic (exact) mass is 152 g/mol. The van der Waals surface area contributed by atoms with Crippen LogP contribution in [0.4, 0.5) is 0 Å². The standard InChI is InChI=1S/C10H16O/c1-8(2)10(11)9-6-4-3-5-7-9/h3-4,9-11H,1,5-7H2,2H3. The van der Waals surface area contributed by atoms with Crippen LogP contribution in [-0.2, 0) is 0 Å². The molecule has 1 N–H and O–H groups in total. The van der Waals surface area contributed by atoms with E-state index in [2.05, 4.69) is 18.7 Å². The predicted octanol–water partition coefficient (Wildman–Crippen LogP) is 2.28. The highest BCUT2D eigenvalue weighted by molar-refractivity contribution is 5.03. The Morgan fingerprint density at radius 1 is 1.64 bits per heavy atom. The molecule has 2 unspecified atom stereocenters. The topological polar surface area (TPSA) is 20.2 Å². The molecule has 0 saturated heterocycles. The van der Waals surface area contributed by atoms with E-state index in [1.165, 1.54) is 0 Å². The van der Waals surface area contributed by atoms with Crippen LogP contribution < -0.4 is 0 Å². The summed E-state index contributed by atoms with van der Waals surface area (Å²) in [6.07, 6.45) is 7.26. The quantitative estimate of drug-likeness (QED) is 0.602. The lowest BCUT2D eigenvalue weighted by Crippen LogP contribution is -2.21. The normalized spacial score (nSPS) is 26.5. The average molecular weight is 152 g/mol. The van der Waals surface area contributed by atoms with Crippen LogP contribution in [-0.4, -0.2) is 11.2 Å². The Balaban J connectivity index is 2.46. The van der Waals surface area contributed by atoms with Crippen LogP contribution in [0.15, 0.2) is 24.3 Å². The first-order valence-corrected chi connectivity index (χ1v) is 4.20. The Morgan fingerprint density at radius 3 is 2.82 bits per heavy atom. The molecule has 0 aromatic rings. The van der Waals surface area contributed by atoms with Gasteiger partial charge in [0.1, 0.15) is 0 Å². The number of allylic oxidation sites excluding steroid dienone is 2. The van der Waals surface area contributed by atoms with Gasteiger partial charge >= 0.3 is 0 Å². The molecule has 11 heavy (non-hydrogen) atoms. The second kappa shape index (κ2) is 3.72. The molecule has 0 aliphatic heterocycles. The molecule has 1 aliphatic carbocycles. The summed E-state index contributed by atoms with van der Waals surface area (Å²) in [6.45, 7) is 5.65. The SMILES string of the molecule is C=C(C)C(O)C1CC=CCC1. The van der Waals surface area contributed by atoms with Gasteiger partial charge in [-0.1, -0.05) is 24.3 Å². The highest BCUT2D eigenvalue weighted by atomic mass is 16.3. The summed E-state index contributed by atoms with van der Waals surface area (Å²) in [5.74, 6) is 0.414. The molecule has 1 rings (SSSR count). The molecule has 0 radical (unpaired) electrons. The van der Waals surface area contributed by atoms with Gasteiger partial charge in [0.2, 0.25) is 0 Å². The van der Waals surface area contributed by atoms with Crippen LogP contribution in [0.5, 0.6) is 0 Å². The van der Waals surface area contributed by atoms with Crippen molar-refractivity contribution in [3.63, 3.8) is 0 Å². The molecule has 0 aromatic carbocycles. The van der Waals surface area contributed by atoms with Crippen molar-refractivity contribution >= 4 is 0 Å². The van der Waals surface area contributed by atoms with Crippen LogP contribution in [0, 0.1) is 5.92 Å². The Hall–Kier alpha value is -0.560. The van der Waals surface area contributed by atoms with Gasteiger partial charge in [-0.05, 0) is 32.1 Å². The first-order chi connectivity index (χ1) is 5.22. The summed E-state index contributed by atoms with van der Waals surface area (Å²) in [7, 11) is 0. The minimum Gasteiger partial charge on any atom is -0.388 e. The van der Waals surface area contributed by atoms with Crippen molar-refractivity contribution in [1.82, 2.24) is 0 Å². The fraction of sp³-hybridized carbons (Fsp3) is 0.600. The second-order valence-corrected chi connectivity index (χ2v) is 3.34.